The summed E-state index contributed by atoms with van der Waals surface area (Å²) in [7, 11) is 0. The second-order valence-corrected chi connectivity index (χ2v) is 5.54. The van der Waals surface area contributed by atoms with Crippen LogP contribution < -0.4 is 10.2 Å². The van der Waals surface area contributed by atoms with Gasteiger partial charge in [0.25, 0.3) is 5.91 Å². The van der Waals surface area contributed by atoms with Gasteiger partial charge in [0.2, 0.25) is 0 Å². The molecule has 0 heterocycles. The van der Waals surface area contributed by atoms with Crippen molar-refractivity contribution in [3.63, 3.8) is 0 Å². The molecule has 134 valence electrons. The van der Waals surface area contributed by atoms with E-state index in [0.29, 0.717) is 11.1 Å². The third-order valence-corrected chi connectivity index (χ3v) is 3.54. The van der Waals surface area contributed by atoms with Crippen molar-refractivity contribution in [1.29, 1.82) is 0 Å². The van der Waals surface area contributed by atoms with Gasteiger partial charge in [-0.25, -0.2) is 14.6 Å². The monoisotopic (exact) mass is 362 g/mol. The fraction of sp³-hybridized carbons (Fsp3) is 0. The lowest BCUT2D eigenvalue weighted by molar-refractivity contribution is 0.0734. The van der Waals surface area contributed by atoms with Crippen molar-refractivity contribution in [1.82, 2.24) is 5.43 Å². The molecule has 0 fully saturated rings. The second-order valence-electron chi connectivity index (χ2n) is 5.54. The number of hydrazone groups is 1. The van der Waals surface area contributed by atoms with Gasteiger partial charge in [-0.15, -0.1) is 0 Å². The fourth-order valence-electron chi connectivity index (χ4n) is 2.26. The van der Waals surface area contributed by atoms with Crippen molar-refractivity contribution in [2.45, 2.75) is 0 Å². The van der Waals surface area contributed by atoms with Gasteiger partial charge in [-0.1, -0.05) is 36.4 Å². The van der Waals surface area contributed by atoms with Crippen LogP contribution >= 0.6 is 0 Å². The summed E-state index contributed by atoms with van der Waals surface area (Å²) in [6.45, 7) is 0. The lowest BCUT2D eigenvalue weighted by Crippen LogP contribution is -2.17. The van der Waals surface area contributed by atoms with Gasteiger partial charge in [0.05, 0.1) is 11.8 Å². The zero-order valence-corrected chi connectivity index (χ0v) is 14.1. The summed E-state index contributed by atoms with van der Waals surface area (Å²) in [6, 6.07) is 20.5. The lowest BCUT2D eigenvalue weighted by Gasteiger charge is -2.05. The van der Waals surface area contributed by atoms with Crippen LogP contribution in [0.3, 0.4) is 0 Å². The number of amides is 1. The first-order valence-electron chi connectivity index (χ1n) is 8.08. The molecule has 1 amide bonds. The molecule has 0 aromatic heterocycles. The molecule has 0 saturated heterocycles. The van der Waals surface area contributed by atoms with Gasteiger partial charge < -0.3 is 4.74 Å². The minimum Gasteiger partial charge on any atom is -0.423 e. The number of benzene rings is 3. The molecule has 0 unspecified atom stereocenters. The maximum atomic E-state index is 13.2. The Balaban J connectivity index is 1.63. The Hall–Kier alpha value is -3.80. The predicted molar refractivity (Wildman–Crippen MR) is 99.3 cm³/mol. The Bertz CT molecular complexity index is 987. The van der Waals surface area contributed by atoms with E-state index in [-0.39, 0.29) is 17.2 Å². The first-order chi connectivity index (χ1) is 13.1. The Morgan fingerprint density at radius 2 is 1.63 bits per heavy atom. The zero-order chi connectivity index (χ0) is 19.1. The summed E-state index contributed by atoms with van der Waals surface area (Å²) < 4.78 is 18.4. The molecule has 5 nitrogen and oxygen atoms in total. The highest BCUT2D eigenvalue weighted by molar-refractivity contribution is 5.95. The van der Waals surface area contributed by atoms with E-state index in [1.54, 1.807) is 48.5 Å². The summed E-state index contributed by atoms with van der Waals surface area (Å²) in [5.74, 6) is -1.23. The van der Waals surface area contributed by atoms with Crippen LogP contribution in [0.4, 0.5) is 4.39 Å². The highest BCUT2D eigenvalue weighted by Crippen LogP contribution is 2.15. The van der Waals surface area contributed by atoms with E-state index in [1.807, 2.05) is 6.07 Å². The van der Waals surface area contributed by atoms with Gasteiger partial charge in [-0.2, -0.15) is 5.10 Å². The molecule has 0 atom stereocenters. The molecular weight excluding hydrogens is 347 g/mol. The molecule has 6 heteroatoms. The average Bonchev–Trinajstić information content (AvgIpc) is 2.69. The Morgan fingerprint density at radius 1 is 0.889 bits per heavy atom. The van der Waals surface area contributed by atoms with Gasteiger partial charge in [-0.3, -0.25) is 4.79 Å². The number of halogens is 1. The number of carbonyl (C=O) groups is 2. The smallest absolute Gasteiger partial charge is 0.343 e. The van der Waals surface area contributed by atoms with E-state index in [0.717, 1.165) is 6.07 Å². The van der Waals surface area contributed by atoms with Crippen LogP contribution in [0.5, 0.6) is 5.75 Å². The maximum Gasteiger partial charge on any atom is 0.343 e. The van der Waals surface area contributed by atoms with Gasteiger partial charge in [0, 0.05) is 5.56 Å². The molecular formula is C21H15FN2O3. The van der Waals surface area contributed by atoms with E-state index in [2.05, 4.69) is 10.5 Å². The van der Waals surface area contributed by atoms with Crippen molar-refractivity contribution >= 4 is 18.1 Å². The van der Waals surface area contributed by atoms with Crippen molar-refractivity contribution in [2.75, 3.05) is 0 Å². The number of rotatable bonds is 5. The summed E-state index contributed by atoms with van der Waals surface area (Å²) >= 11 is 0. The molecule has 0 saturated carbocycles. The number of hydrogen-bond donors (Lipinski definition) is 1. The SMILES string of the molecule is O=C(N/N=C\c1cccc(OC(=O)c2cccc(F)c2)c1)c1ccccc1. The van der Waals surface area contributed by atoms with E-state index >= 15 is 0 Å². The van der Waals surface area contributed by atoms with Crippen molar-refractivity contribution in [2.24, 2.45) is 5.10 Å². The molecule has 3 aromatic rings. The highest BCUT2D eigenvalue weighted by atomic mass is 19.1. The molecule has 3 rings (SSSR count). The Kier molecular flexibility index (Phi) is 5.69. The third kappa shape index (κ3) is 5.09. The minimum absolute atomic E-state index is 0.115. The molecule has 0 aliphatic heterocycles. The molecule has 1 N–H and O–H groups in total. The van der Waals surface area contributed by atoms with Crippen LogP contribution in [0, 0.1) is 5.82 Å². The van der Waals surface area contributed by atoms with Crippen LogP contribution in [0.2, 0.25) is 0 Å². The predicted octanol–water partition coefficient (Wildman–Crippen LogP) is 3.81. The molecule has 0 aliphatic carbocycles. The van der Waals surface area contributed by atoms with Crippen LogP contribution in [0.15, 0.2) is 84.0 Å². The number of nitrogens with zero attached hydrogens (tertiary/aromatic N) is 1. The molecule has 0 aliphatic rings. The fourth-order valence-corrected chi connectivity index (χ4v) is 2.26. The molecule has 3 aromatic carbocycles. The van der Waals surface area contributed by atoms with Crippen LogP contribution in [-0.4, -0.2) is 18.1 Å². The van der Waals surface area contributed by atoms with E-state index < -0.39 is 11.8 Å². The van der Waals surface area contributed by atoms with Crippen molar-refractivity contribution < 1.29 is 18.7 Å². The zero-order valence-electron chi connectivity index (χ0n) is 14.1. The second kappa shape index (κ2) is 8.53. The van der Waals surface area contributed by atoms with Crippen molar-refractivity contribution in [3.05, 3.63) is 101 Å². The lowest BCUT2D eigenvalue weighted by atomic mass is 10.2. The van der Waals surface area contributed by atoms with Gasteiger partial charge >= 0.3 is 5.97 Å². The van der Waals surface area contributed by atoms with Crippen LogP contribution in [0.1, 0.15) is 26.3 Å². The number of esters is 1. The average molecular weight is 362 g/mol. The first kappa shape index (κ1) is 18.0. The molecule has 27 heavy (non-hydrogen) atoms. The van der Waals surface area contributed by atoms with Gasteiger partial charge in [0.15, 0.2) is 0 Å². The molecule has 0 bridgehead atoms. The maximum absolute atomic E-state index is 13.2. The number of ether oxygens (including phenoxy) is 1. The molecule has 0 spiro atoms. The number of nitrogens with one attached hydrogen (secondary N) is 1. The van der Waals surface area contributed by atoms with E-state index in [4.69, 9.17) is 4.74 Å². The third-order valence-electron chi connectivity index (χ3n) is 3.54. The van der Waals surface area contributed by atoms with Gasteiger partial charge in [-0.05, 0) is 48.0 Å². The van der Waals surface area contributed by atoms with Crippen LogP contribution in [-0.2, 0) is 0 Å². The summed E-state index contributed by atoms with van der Waals surface area (Å²) in [4.78, 5) is 24.0. The van der Waals surface area contributed by atoms with E-state index in [1.165, 1.54) is 24.4 Å². The standard InChI is InChI=1S/C21H15FN2O3/c22-18-10-5-9-17(13-18)21(26)27-19-11-4-6-15(12-19)14-23-24-20(25)16-7-2-1-3-8-16/h1-14H,(H,24,25)/b23-14-. The normalized spacial score (nSPS) is 10.6. The van der Waals surface area contributed by atoms with Crippen LogP contribution in [0.25, 0.3) is 0 Å². The first-order valence-corrected chi connectivity index (χ1v) is 8.08. The van der Waals surface area contributed by atoms with Crippen molar-refractivity contribution in [3.8, 4) is 5.75 Å². The Morgan fingerprint density at radius 3 is 2.41 bits per heavy atom. The number of carbonyl (C=O) groups excluding carboxylic acids is 2. The quantitative estimate of drug-likeness (QED) is 0.325. The number of hydrogen-bond acceptors (Lipinski definition) is 4. The summed E-state index contributed by atoms with van der Waals surface area (Å²) in [5, 5.41) is 3.89. The molecule has 0 radical (unpaired) electrons. The topological polar surface area (TPSA) is 67.8 Å². The Labute approximate surface area is 155 Å². The highest BCUT2D eigenvalue weighted by Gasteiger charge is 2.09. The summed E-state index contributed by atoms with van der Waals surface area (Å²) in [6.07, 6.45) is 1.43. The summed E-state index contributed by atoms with van der Waals surface area (Å²) in [5.41, 5.74) is 3.65. The van der Waals surface area contributed by atoms with E-state index in [9.17, 15) is 14.0 Å². The largest absolute Gasteiger partial charge is 0.423 e. The van der Waals surface area contributed by atoms with Gasteiger partial charge in [0.1, 0.15) is 11.6 Å². The minimum atomic E-state index is -0.666.